The molecule has 4 rings (SSSR count). The Bertz CT molecular complexity index is 1300. The summed E-state index contributed by atoms with van der Waals surface area (Å²) in [5.74, 6) is 1.29. The second-order valence-electron chi connectivity index (χ2n) is 8.61. The first-order valence-corrected chi connectivity index (χ1v) is 13.7. The van der Waals surface area contributed by atoms with Crippen LogP contribution in [0.3, 0.4) is 0 Å². The number of pyridine rings is 1. The number of rotatable bonds is 7. The van der Waals surface area contributed by atoms with Gasteiger partial charge in [-0.05, 0) is 67.6 Å². The third kappa shape index (κ3) is 5.54. The minimum absolute atomic E-state index is 0.143. The lowest BCUT2D eigenvalue weighted by atomic mass is 10.0. The number of nitrogens with zero attached hydrogens (tertiary/aromatic N) is 2. The second-order valence-corrected chi connectivity index (χ2v) is 11.5. The molecule has 0 atom stereocenters. The van der Waals surface area contributed by atoms with Gasteiger partial charge >= 0.3 is 0 Å². The lowest BCUT2D eigenvalue weighted by Crippen LogP contribution is -2.37. The number of aryl methyl sites for hydroxylation is 1. The number of carbonyl (C=O) groups is 1. The maximum absolute atomic E-state index is 13.1. The maximum atomic E-state index is 13.1. The normalized spacial score (nSPS) is 15.4. The van der Waals surface area contributed by atoms with Crippen molar-refractivity contribution in [2.75, 3.05) is 31.3 Å². The molecule has 1 fully saturated rings. The van der Waals surface area contributed by atoms with Crippen LogP contribution < -0.4 is 10.1 Å². The van der Waals surface area contributed by atoms with Crippen LogP contribution in [-0.2, 0) is 14.8 Å². The SMILES string of the molecule is COc1cccc(NC(=O)CSc2cc(C)c3cc(S(=O)(=O)N4CCC(C)CC4)ccc3n2)c1. The molecule has 0 saturated carbocycles. The summed E-state index contributed by atoms with van der Waals surface area (Å²) >= 11 is 1.34. The van der Waals surface area contributed by atoms with Crippen LogP contribution >= 0.6 is 11.8 Å². The summed E-state index contributed by atoms with van der Waals surface area (Å²) in [5.41, 5.74) is 2.30. The van der Waals surface area contributed by atoms with Gasteiger partial charge in [0, 0.05) is 30.2 Å². The van der Waals surface area contributed by atoms with Gasteiger partial charge in [-0.3, -0.25) is 4.79 Å². The van der Waals surface area contributed by atoms with Crippen molar-refractivity contribution in [2.24, 2.45) is 5.92 Å². The van der Waals surface area contributed by atoms with Crippen molar-refractivity contribution in [1.82, 2.24) is 9.29 Å². The topological polar surface area (TPSA) is 88.6 Å². The summed E-state index contributed by atoms with van der Waals surface area (Å²) in [6, 6.07) is 14.2. The largest absolute Gasteiger partial charge is 0.497 e. The number of sulfonamides is 1. The summed E-state index contributed by atoms with van der Waals surface area (Å²) in [5, 5.41) is 4.37. The zero-order valence-corrected chi connectivity index (χ0v) is 21.2. The van der Waals surface area contributed by atoms with E-state index in [9.17, 15) is 13.2 Å². The predicted molar refractivity (Wildman–Crippen MR) is 136 cm³/mol. The van der Waals surface area contributed by atoms with Crippen LogP contribution in [0.5, 0.6) is 5.75 Å². The number of benzene rings is 2. The number of anilines is 1. The highest BCUT2D eigenvalue weighted by atomic mass is 32.2. The zero-order chi connectivity index (χ0) is 24.3. The van der Waals surface area contributed by atoms with Gasteiger partial charge in [0.25, 0.3) is 0 Å². The number of methoxy groups -OCH3 is 1. The number of hydrogen-bond acceptors (Lipinski definition) is 6. The minimum Gasteiger partial charge on any atom is -0.497 e. The van der Waals surface area contributed by atoms with Gasteiger partial charge in [-0.25, -0.2) is 13.4 Å². The molecule has 1 aliphatic heterocycles. The van der Waals surface area contributed by atoms with Crippen LogP contribution in [0.25, 0.3) is 10.9 Å². The molecule has 0 unspecified atom stereocenters. The molecule has 9 heteroatoms. The van der Waals surface area contributed by atoms with E-state index in [4.69, 9.17) is 4.74 Å². The monoisotopic (exact) mass is 499 g/mol. The fourth-order valence-corrected chi connectivity index (χ4v) is 6.26. The van der Waals surface area contributed by atoms with Gasteiger partial charge in [-0.1, -0.05) is 24.8 Å². The van der Waals surface area contributed by atoms with Crippen molar-refractivity contribution < 1.29 is 17.9 Å². The van der Waals surface area contributed by atoms with E-state index < -0.39 is 10.0 Å². The first-order valence-electron chi connectivity index (χ1n) is 11.2. The molecular formula is C25H29N3O4S2. The first kappa shape index (κ1) is 24.5. The highest BCUT2D eigenvalue weighted by Gasteiger charge is 2.28. The second kappa shape index (κ2) is 10.3. The van der Waals surface area contributed by atoms with Gasteiger partial charge in [0.05, 0.1) is 28.3 Å². The van der Waals surface area contributed by atoms with Crippen LogP contribution in [0.1, 0.15) is 25.3 Å². The fraction of sp³-hybridized carbons (Fsp3) is 0.360. The van der Waals surface area contributed by atoms with E-state index >= 15 is 0 Å². The van der Waals surface area contributed by atoms with Gasteiger partial charge in [0.2, 0.25) is 15.9 Å². The van der Waals surface area contributed by atoms with Crippen LogP contribution in [0.2, 0.25) is 0 Å². The van der Waals surface area contributed by atoms with Gasteiger partial charge in [-0.15, -0.1) is 0 Å². The Kier molecular flexibility index (Phi) is 7.45. The average molecular weight is 500 g/mol. The molecule has 2 aromatic carbocycles. The van der Waals surface area contributed by atoms with Crippen molar-refractivity contribution in [3.8, 4) is 5.75 Å². The number of ether oxygens (including phenoxy) is 1. The Balaban J connectivity index is 1.46. The Morgan fingerprint density at radius 1 is 1.18 bits per heavy atom. The zero-order valence-electron chi connectivity index (χ0n) is 19.6. The number of fused-ring (bicyclic) bond motifs is 1. The molecule has 1 amide bonds. The molecule has 7 nitrogen and oxygen atoms in total. The smallest absolute Gasteiger partial charge is 0.243 e. The number of carbonyl (C=O) groups excluding carboxylic acids is 1. The molecule has 34 heavy (non-hydrogen) atoms. The van der Waals surface area contributed by atoms with E-state index in [2.05, 4.69) is 17.2 Å². The molecule has 0 radical (unpaired) electrons. The van der Waals surface area contributed by atoms with E-state index in [1.165, 1.54) is 11.8 Å². The van der Waals surface area contributed by atoms with Gasteiger partial charge in [0.15, 0.2) is 0 Å². The van der Waals surface area contributed by atoms with Crippen LogP contribution in [-0.4, -0.2) is 49.6 Å². The number of piperidine rings is 1. The van der Waals surface area contributed by atoms with Crippen molar-refractivity contribution >= 4 is 44.3 Å². The molecule has 1 N–H and O–H groups in total. The Labute approximate surface area is 205 Å². The Hall–Kier alpha value is -2.62. The van der Waals surface area contributed by atoms with Crippen LogP contribution in [0.4, 0.5) is 5.69 Å². The molecule has 0 aliphatic carbocycles. The summed E-state index contributed by atoms with van der Waals surface area (Å²) in [6.07, 6.45) is 1.78. The first-order chi connectivity index (χ1) is 16.3. The number of nitrogens with one attached hydrogen (secondary N) is 1. The highest BCUT2D eigenvalue weighted by Crippen LogP contribution is 2.29. The Morgan fingerprint density at radius 3 is 2.68 bits per heavy atom. The Morgan fingerprint density at radius 2 is 1.94 bits per heavy atom. The fourth-order valence-electron chi connectivity index (χ4n) is 3.99. The molecule has 2 heterocycles. The van der Waals surface area contributed by atoms with Crippen molar-refractivity contribution in [2.45, 2.75) is 36.6 Å². The third-order valence-electron chi connectivity index (χ3n) is 6.05. The lowest BCUT2D eigenvalue weighted by molar-refractivity contribution is -0.113. The molecule has 0 bridgehead atoms. The van der Waals surface area contributed by atoms with E-state index in [1.807, 2.05) is 25.1 Å². The van der Waals surface area contributed by atoms with Crippen LogP contribution in [0, 0.1) is 12.8 Å². The standard InChI is InChI=1S/C25H29N3O4S2/c1-17-9-11-28(12-10-17)34(30,31)21-7-8-23-22(15-21)18(2)13-25(27-23)33-16-24(29)26-19-5-4-6-20(14-19)32-3/h4-8,13-15,17H,9-12,16H2,1-3H3,(H,26,29). The third-order valence-corrected chi connectivity index (χ3v) is 8.85. The van der Waals surface area contributed by atoms with Gasteiger partial charge < -0.3 is 10.1 Å². The van der Waals surface area contributed by atoms with Crippen molar-refractivity contribution in [3.63, 3.8) is 0 Å². The summed E-state index contributed by atoms with van der Waals surface area (Å²) in [4.78, 5) is 17.3. The number of hydrogen-bond donors (Lipinski definition) is 1. The molecule has 0 spiro atoms. The summed E-state index contributed by atoms with van der Waals surface area (Å²) in [7, 11) is -1.94. The quantitative estimate of drug-likeness (QED) is 0.474. The van der Waals surface area contributed by atoms with Crippen LogP contribution in [0.15, 0.2) is 58.5 Å². The molecule has 1 aromatic heterocycles. The average Bonchev–Trinajstić information content (AvgIpc) is 2.83. The maximum Gasteiger partial charge on any atom is 0.243 e. The van der Waals surface area contributed by atoms with Gasteiger partial charge in [-0.2, -0.15) is 4.31 Å². The molecule has 3 aromatic rings. The molecule has 180 valence electrons. The molecule has 1 aliphatic rings. The minimum atomic E-state index is -3.52. The van der Waals surface area contributed by atoms with Gasteiger partial charge in [0.1, 0.15) is 5.75 Å². The van der Waals surface area contributed by atoms with E-state index in [0.717, 1.165) is 23.8 Å². The summed E-state index contributed by atoms with van der Waals surface area (Å²) < 4.78 is 33.0. The molecule has 1 saturated heterocycles. The molecular weight excluding hydrogens is 470 g/mol. The lowest BCUT2D eigenvalue weighted by Gasteiger charge is -2.29. The van der Waals surface area contributed by atoms with E-state index in [-0.39, 0.29) is 11.7 Å². The number of aromatic nitrogens is 1. The predicted octanol–water partition coefficient (Wildman–Crippen LogP) is 4.70. The highest BCUT2D eigenvalue weighted by molar-refractivity contribution is 7.99. The summed E-state index contributed by atoms with van der Waals surface area (Å²) in [6.45, 7) is 5.22. The van der Waals surface area contributed by atoms with Crippen molar-refractivity contribution in [3.05, 3.63) is 54.1 Å². The van der Waals surface area contributed by atoms with E-state index in [1.54, 1.807) is 41.7 Å². The van der Waals surface area contributed by atoms with E-state index in [0.29, 0.717) is 45.9 Å². The number of amides is 1. The number of thioether (sulfide) groups is 1. The van der Waals surface area contributed by atoms with Crippen molar-refractivity contribution in [1.29, 1.82) is 0 Å².